The maximum Gasteiger partial charge on any atom is 0.120 e. The topological polar surface area (TPSA) is 29.4 Å². The fourth-order valence-corrected chi connectivity index (χ4v) is 2.63. The van der Waals surface area contributed by atoms with E-state index in [0.717, 1.165) is 24.5 Å². The molecule has 1 aliphatic carbocycles. The lowest BCUT2D eigenvalue weighted by atomic mass is 10.2. The quantitative estimate of drug-likeness (QED) is 0.420. The highest BCUT2D eigenvalue weighted by Gasteiger charge is 2.23. The Hall–Kier alpha value is -1.09. The van der Waals surface area contributed by atoms with E-state index in [4.69, 9.17) is 0 Å². The summed E-state index contributed by atoms with van der Waals surface area (Å²) in [6, 6.07) is 8.39. The molecule has 0 N–H and O–H groups in total. The lowest BCUT2D eigenvalue weighted by molar-refractivity contribution is -0.107. The van der Waals surface area contributed by atoms with Crippen LogP contribution in [0.3, 0.4) is 0 Å². The summed E-state index contributed by atoms with van der Waals surface area (Å²) in [7, 11) is 0. The molecule has 0 atom stereocenters. The Morgan fingerprint density at radius 1 is 1.35 bits per heavy atom. The van der Waals surface area contributed by atoms with Crippen LogP contribution in [0.15, 0.2) is 34.2 Å². The maximum absolute atomic E-state index is 10.2. The van der Waals surface area contributed by atoms with Gasteiger partial charge in [-0.05, 0) is 25.3 Å². The smallest absolute Gasteiger partial charge is 0.120 e. The Balaban J connectivity index is 1.91. The zero-order valence-electron chi connectivity index (χ0n) is 9.84. The second kappa shape index (κ2) is 6.60. The normalized spacial score (nSPS) is 15.3. The number of nitrogens with zero attached hydrogens (tertiary/aromatic N) is 1. The Morgan fingerprint density at radius 3 is 2.94 bits per heavy atom. The average Bonchev–Trinajstić information content (AvgIpc) is 3.15. The van der Waals surface area contributed by atoms with Gasteiger partial charge in [0, 0.05) is 34.9 Å². The van der Waals surface area contributed by atoms with Crippen LogP contribution in [0.4, 0.5) is 0 Å². The largest absolute Gasteiger partial charge is 0.303 e. The van der Waals surface area contributed by atoms with Crippen LogP contribution in [0.25, 0.3) is 0 Å². The van der Waals surface area contributed by atoms with Gasteiger partial charge in [-0.2, -0.15) is 0 Å². The van der Waals surface area contributed by atoms with Crippen molar-refractivity contribution < 1.29 is 4.79 Å². The Morgan fingerprint density at radius 2 is 2.18 bits per heavy atom. The van der Waals surface area contributed by atoms with Crippen molar-refractivity contribution in [3.63, 3.8) is 0 Å². The molecule has 17 heavy (non-hydrogen) atoms. The number of hydrogen-bond donors (Lipinski definition) is 0. The molecule has 1 aromatic carbocycles. The summed E-state index contributed by atoms with van der Waals surface area (Å²) in [5, 5.41) is 0.819. The zero-order chi connectivity index (χ0) is 11.9. The van der Waals surface area contributed by atoms with Crippen molar-refractivity contribution in [3.8, 4) is 0 Å². The van der Waals surface area contributed by atoms with Crippen LogP contribution < -0.4 is 0 Å². The number of aldehydes is 1. The lowest BCUT2D eigenvalue weighted by Gasteiger charge is -2.03. The lowest BCUT2D eigenvalue weighted by Crippen LogP contribution is -1.89. The molecule has 0 heterocycles. The van der Waals surface area contributed by atoms with Gasteiger partial charge in [0.05, 0.1) is 0 Å². The first-order valence-electron chi connectivity index (χ1n) is 6.09. The summed E-state index contributed by atoms with van der Waals surface area (Å²) in [6.07, 6.45) is 7.03. The third-order valence-corrected chi connectivity index (χ3v) is 4.01. The molecule has 0 saturated heterocycles. The van der Waals surface area contributed by atoms with E-state index < -0.39 is 0 Å². The van der Waals surface area contributed by atoms with Gasteiger partial charge in [0.1, 0.15) is 6.29 Å². The van der Waals surface area contributed by atoms with E-state index in [1.165, 1.54) is 23.3 Å². The molecule has 0 unspecified atom stereocenters. The summed E-state index contributed by atoms with van der Waals surface area (Å²) in [5.74, 6) is 0. The molecule has 2 rings (SSSR count). The minimum atomic E-state index is 0.607. The van der Waals surface area contributed by atoms with E-state index in [-0.39, 0.29) is 0 Å². The predicted molar refractivity (Wildman–Crippen MR) is 73.1 cm³/mol. The fraction of sp³-hybridized carbons (Fsp3) is 0.429. The van der Waals surface area contributed by atoms with E-state index in [1.54, 1.807) is 0 Å². The van der Waals surface area contributed by atoms with Crippen LogP contribution in [0.1, 0.15) is 31.2 Å². The Labute approximate surface area is 107 Å². The molecule has 0 aromatic heterocycles. The molecule has 0 spiro atoms. The number of benzene rings is 1. The third kappa shape index (κ3) is 4.35. The molecule has 1 aromatic rings. The number of thioether (sulfide) groups is 1. The third-order valence-electron chi connectivity index (χ3n) is 2.58. The number of rotatable bonds is 7. The van der Waals surface area contributed by atoms with Crippen LogP contribution in [0.2, 0.25) is 0 Å². The van der Waals surface area contributed by atoms with E-state index in [9.17, 15) is 4.79 Å². The Bertz CT molecular complexity index is 399. The summed E-state index contributed by atoms with van der Waals surface area (Å²) in [6.45, 7) is 0.737. The molecule has 0 amide bonds. The minimum absolute atomic E-state index is 0.607. The van der Waals surface area contributed by atoms with Crippen molar-refractivity contribution in [2.24, 2.45) is 4.99 Å². The first-order valence-corrected chi connectivity index (χ1v) is 6.97. The van der Waals surface area contributed by atoms with Crippen molar-refractivity contribution >= 4 is 24.3 Å². The molecular formula is C14H17NOS. The molecule has 1 fully saturated rings. The average molecular weight is 247 g/mol. The van der Waals surface area contributed by atoms with Crippen LogP contribution in [0, 0.1) is 0 Å². The molecule has 2 nitrogen and oxygen atoms in total. The highest BCUT2D eigenvalue weighted by molar-refractivity contribution is 8.00. The summed E-state index contributed by atoms with van der Waals surface area (Å²) >= 11 is 1.96. The molecule has 0 bridgehead atoms. The highest BCUT2D eigenvalue weighted by atomic mass is 32.2. The Kier molecular flexibility index (Phi) is 4.80. The predicted octanol–water partition coefficient (Wildman–Crippen LogP) is 3.34. The molecule has 90 valence electrons. The van der Waals surface area contributed by atoms with Crippen molar-refractivity contribution in [1.29, 1.82) is 0 Å². The highest BCUT2D eigenvalue weighted by Crippen LogP contribution is 2.39. The van der Waals surface area contributed by atoms with Gasteiger partial charge in [0.25, 0.3) is 0 Å². The van der Waals surface area contributed by atoms with Gasteiger partial charge in [-0.15, -0.1) is 11.8 Å². The standard InChI is InChI=1S/C14H17NOS/c16-10-4-3-9-15-11-12-5-1-2-6-14(12)17-13-7-8-13/h1-2,5-6,10-11,13H,3-4,7-9H2. The van der Waals surface area contributed by atoms with Gasteiger partial charge in [-0.1, -0.05) is 18.2 Å². The van der Waals surface area contributed by atoms with E-state index in [0.29, 0.717) is 6.42 Å². The number of hydrogen-bond acceptors (Lipinski definition) is 3. The molecule has 0 radical (unpaired) electrons. The van der Waals surface area contributed by atoms with Gasteiger partial charge in [0.2, 0.25) is 0 Å². The maximum atomic E-state index is 10.2. The number of unbranched alkanes of at least 4 members (excludes halogenated alkanes) is 1. The molecule has 1 aliphatic rings. The molecule has 1 saturated carbocycles. The second-order valence-corrected chi connectivity index (χ2v) is 5.54. The fourth-order valence-electron chi connectivity index (χ4n) is 1.49. The van der Waals surface area contributed by atoms with Gasteiger partial charge in [-0.25, -0.2) is 0 Å². The van der Waals surface area contributed by atoms with Gasteiger partial charge in [-0.3, -0.25) is 4.99 Å². The minimum Gasteiger partial charge on any atom is -0.303 e. The summed E-state index contributed by atoms with van der Waals surface area (Å²) in [5.41, 5.74) is 1.20. The monoisotopic (exact) mass is 247 g/mol. The van der Waals surface area contributed by atoms with Crippen molar-refractivity contribution in [2.45, 2.75) is 35.8 Å². The van der Waals surface area contributed by atoms with Crippen LogP contribution in [0.5, 0.6) is 0 Å². The van der Waals surface area contributed by atoms with E-state index in [1.807, 2.05) is 24.0 Å². The van der Waals surface area contributed by atoms with Crippen molar-refractivity contribution in [2.75, 3.05) is 6.54 Å². The summed E-state index contributed by atoms with van der Waals surface area (Å²) in [4.78, 5) is 15.9. The summed E-state index contributed by atoms with van der Waals surface area (Å²) < 4.78 is 0. The van der Waals surface area contributed by atoms with Crippen LogP contribution in [-0.4, -0.2) is 24.3 Å². The van der Waals surface area contributed by atoms with Crippen LogP contribution >= 0.6 is 11.8 Å². The van der Waals surface area contributed by atoms with Crippen LogP contribution in [-0.2, 0) is 4.79 Å². The number of carbonyl (C=O) groups excluding carboxylic acids is 1. The van der Waals surface area contributed by atoms with Gasteiger partial charge >= 0.3 is 0 Å². The molecular weight excluding hydrogens is 230 g/mol. The second-order valence-electron chi connectivity index (χ2n) is 4.20. The molecule has 0 aliphatic heterocycles. The van der Waals surface area contributed by atoms with E-state index in [2.05, 4.69) is 23.2 Å². The zero-order valence-corrected chi connectivity index (χ0v) is 10.7. The first-order chi connectivity index (χ1) is 8.40. The van der Waals surface area contributed by atoms with E-state index >= 15 is 0 Å². The molecule has 3 heteroatoms. The number of carbonyl (C=O) groups is 1. The number of aliphatic imine (C=N–C) groups is 1. The van der Waals surface area contributed by atoms with Crippen molar-refractivity contribution in [3.05, 3.63) is 29.8 Å². The van der Waals surface area contributed by atoms with Crippen molar-refractivity contribution in [1.82, 2.24) is 0 Å². The van der Waals surface area contributed by atoms with Gasteiger partial charge in [0.15, 0.2) is 0 Å². The first kappa shape index (κ1) is 12.4. The van der Waals surface area contributed by atoms with Gasteiger partial charge < -0.3 is 4.79 Å². The SMILES string of the molecule is O=CCCCN=Cc1ccccc1SC1CC1.